The van der Waals surface area contributed by atoms with Gasteiger partial charge in [0.2, 0.25) is 5.91 Å². The maximum Gasteiger partial charge on any atom is 0.271 e. The molecule has 1 aliphatic rings. The molecule has 0 bridgehead atoms. The largest absolute Gasteiger partial charge is 0.394 e. The Kier molecular flexibility index (Phi) is 5.68. The van der Waals surface area contributed by atoms with Gasteiger partial charge in [0.25, 0.3) is 5.69 Å². The molecule has 0 saturated heterocycles. The number of amides is 1. The first-order valence-electron chi connectivity index (χ1n) is 7.87. The fraction of sp³-hybridized carbons (Fsp3) is 0.562. The van der Waals surface area contributed by atoms with Crippen molar-refractivity contribution in [2.24, 2.45) is 0 Å². The molecule has 2 rings (SSSR count). The third-order valence-electron chi connectivity index (χ3n) is 4.25. The van der Waals surface area contributed by atoms with Gasteiger partial charge in [-0.15, -0.1) is 0 Å². The Bertz CT molecular complexity index is 570. The summed E-state index contributed by atoms with van der Waals surface area (Å²) in [5.74, 6) is -0.211. The highest BCUT2D eigenvalue weighted by Crippen LogP contribution is 2.29. The van der Waals surface area contributed by atoms with Crippen molar-refractivity contribution in [3.8, 4) is 0 Å². The Balaban J connectivity index is 1.89. The molecule has 1 aromatic rings. The monoisotopic (exact) mass is 321 g/mol. The summed E-state index contributed by atoms with van der Waals surface area (Å²) in [5, 5.41) is 26.4. The second-order valence-electron chi connectivity index (χ2n) is 6.25. The van der Waals surface area contributed by atoms with E-state index in [0.717, 1.165) is 25.7 Å². The van der Waals surface area contributed by atoms with Crippen molar-refractivity contribution in [1.29, 1.82) is 0 Å². The molecule has 0 spiro atoms. The molecule has 7 nitrogen and oxygen atoms in total. The van der Waals surface area contributed by atoms with Gasteiger partial charge >= 0.3 is 0 Å². The highest BCUT2D eigenvalue weighted by molar-refractivity contribution is 5.91. The van der Waals surface area contributed by atoms with Crippen molar-refractivity contribution in [3.05, 3.63) is 34.4 Å². The summed E-state index contributed by atoms with van der Waals surface area (Å²) in [5.41, 5.74) is 0.0823. The van der Waals surface area contributed by atoms with Gasteiger partial charge in [0.05, 0.1) is 11.5 Å². The van der Waals surface area contributed by atoms with Gasteiger partial charge in [-0.25, -0.2) is 0 Å². The summed E-state index contributed by atoms with van der Waals surface area (Å²) >= 11 is 0. The van der Waals surface area contributed by atoms with Crippen molar-refractivity contribution in [1.82, 2.24) is 5.32 Å². The predicted octanol–water partition coefficient (Wildman–Crippen LogP) is 2.21. The SMILES string of the molecule is CC(CC(=O)Nc1cccc([N+](=O)[O-])c1)NC1(CO)CCCC1. The maximum atomic E-state index is 12.1. The van der Waals surface area contributed by atoms with Gasteiger partial charge in [-0.3, -0.25) is 14.9 Å². The van der Waals surface area contributed by atoms with Gasteiger partial charge in [-0.05, 0) is 25.8 Å². The molecule has 1 aliphatic carbocycles. The van der Waals surface area contributed by atoms with Crippen molar-refractivity contribution in [3.63, 3.8) is 0 Å². The fourth-order valence-corrected chi connectivity index (χ4v) is 3.16. The number of benzene rings is 1. The van der Waals surface area contributed by atoms with Crippen molar-refractivity contribution in [2.45, 2.75) is 50.6 Å². The molecule has 1 aromatic carbocycles. The van der Waals surface area contributed by atoms with Crippen LogP contribution in [0.5, 0.6) is 0 Å². The van der Waals surface area contributed by atoms with E-state index in [1.807, 2.05) is 6.92 Å². The molecule has 1 atom stereocenters. The summed E-state index contributed by atoms with van der Waals surface area (Å²) in [6, 6.07) is 5.79. The number of nitrogens with zero attached hydrogens (tertiary/aromatic N) is 1. The number of carbonyl (C=O) groups excluding carboxylic acids is 1. The zero-order valence-electron chi connectivity index (χ0n) is 13.2. The number of nitro benzene ring substituents is 1. The van der Waals surface area contributed by atoms with Crippen LogP contribution >= 0.6 is 0 Å². The first-order valence-corrected chi connectivity index (χ1v) is 7.87. The third-order valence-corrected chi connectivity index (χ3v) is 4.25. The Labute approximate surface area is 135 Å². The fourth-order valence-electron chi connectivity index (χ4n) is 3.16. The number of nitrogens with one attached hydrogen (secondary N) is 2. The van der Waals surface area contributed by atoms with Gasteiger partial charge in [0, 0.05) is 35.8 Å². The van der Waals surface area contributed by atoms with Crippen LogP contribution in [0.4, 0.5) is 11.4 Å². The van der Waals surface area contributed by atoms with Crippen LogP contribution in [-0.2, 0) is 4.79 Å². The Morgan fingerprint density at radius 1 is 1.43 bits per heavy atom. The molecular formula is C16H23N3O4. The Hall–Kier alpha value is -1.99. The molecule has 3 N–H and O–H groups in total. The average molecular weight is 321 g/mol. The number of hydrogen-bond donors (Lipinski definition) is 3. The standard InChI is InChI=1S/C16H23N3O4/c1-12(18-16(11-20)7-2-3-8-16)9-15(21)17-13-5-4-6-14(10-13)19(22)23/h4-6,10,12,18,20H,2-3,7-9,11H2,1H3,(H,17,21). The lowest BCUT2D eigenvalue weighted by molar-refractivity contribution is -0.384. The lowest BCUT2D eigenvalue weighted by atomic mass is 9.97. The van der Waals surface area contributed by atoms with Crippen LogP contribution < -0.4 is 10.6 Å². The molecule has 23 heavy (non-hydrogen) atoms. The van der Waals surface area contributed by atoms with Crippen molar-refractivity contribution >= 4 is 17.3 Å². The number of carbonyl (C=O) groups is 1. The first-order chi connectivity index (χ1) is 10.9. The van der Waals surface area contributed by atoms with E-state index in [-0.39, 0.29) is 36.2 Å². The van der Waals surface area contributed by atoms with E-state index in [1.54, 1.807) is 6.07 Å². The van der Waals surface area contributed by atoms with Crippen molar-refractivity contribution in [2.75, 3.05) is 11.9 Å². The van der Waals surface area contributed by atoms with Gasteiger partial charge in [0.15, 0.2) is 0 Å². The Morgan fingerprint density at radius 3 is 2.74 bits per heavy atom. The topological polar surface area (TPSA) is 104 Å². The number of rotatable bonds is 7. The molecule has 0 radical (unpaired) electrons. The molecule has 0 heterocycles. The number of hydrogen-bond acceptors (Lipinski definition) is 5. The van der Waals surface area contributed by atoms with E-state index in [1.165, 1.54) is 18.2 Å². The molecule has 1 unspecified atom stereocenters. The molecule has 1 fully saturated rings. The van der Waals surface area contributed by atoms with Gasteiger partial charge in [0.1, 0.15) is 0 Å². The molecule has 7 heteroatoms. The lowest BCUT2D eigenvalue weighted by Crippen LogP contribution is -2.51. The minimum atomic E-state index is -0.495. The molecular weight excluding hydrogens is 298 g/mol. The molecule has 0 aromatic heterocycles. The zero-order valence-corrected chi connectivity index (χ0v) is 13.2. The van der Waals surface area contributed by atoms with Crippen LogP contribution in [0.2, 0.25) is 0 Å². The molecule has 1 saturated carbocycles. The van der Waals surface area contributed by atoms with Crippen LogP contribution in [0.1, 0.15) is 39.0 Å². The summed E-state index contributed by atoms with van der Waals surface area (Å²) < 4.78 is 0. The minimum absolute atomic E-state index is 0.0563. The molecule has 126 valence electrons. The lowest BCUT2D eigenvalue weighted by Gasteiger charge is -2.31. The summed E-state index contributed by atoms with van der Waals surface area (Å²) in [7, 11) is 0. The molecule has 1 amide bonds. The number of non-ortho nitro benzene ring substituents is 1. The number of aliphatic hydroxyl groups excluding tert-OH is 1. The Morgan fingerprint density at radius 2 is 2.13 bits per heavy atom. The smallest absolute Gasteiger partial charge is 0.271 e. The van der Waals surface area contributed by atoms with E-state index in [2.05, 4.69) is 10.6 Å². The summed E-state index contributed by atoms with van der Waals surface area (Å²) in [6.07, 6.45) is 4.24. The van der Waals surface area contributed by atoms with E-state index < -0.39 is 4.92 Å². The maximum absolute atomic E-state index is 12.1. The number of nitro groups is 1. The minimum Gasteiger partial charge on any atom is -0.394 e. The van der Waals surface area contributed by atoms with E-state index >= 15 is 0 Å². The zero-order chi connectivity index (χ0) is 16.9. The van der Waals surface area contributed by atoms with E-state index in [4.69, 9.17) is 0 Å². The molecule has 0 aliphatic heterocycles. The summed E-state index contributed by atoms with van der Waals surface area (Å²) in [6.45, 7) is 1.98. The van der Waals surface area contributed by atoms with Gasteiger partial charge in [-0.2, -0.15) is 0 Å². The number of anilines is 1. The quantitative estimate of drug-likeness (QED) is 0.527. The second kappa shape index (κ2) is 7.52. The first kappa shape index (κ1) is 17.4. The van der Waals surface area contributed by atoms with Crippen LogP contribution in [0, 0.1) is 10.1 Å². The highest BCUT2D eigenvalue weighted by Gasteiger charge is 2.34. The van der Waals surface area contributed by atoms with Crippen LogP contribution in [-0.4, -0.2) is 34.1 Å². The predicted molar refractivity (Wildman–Crippen MR) is 87.2 cm³/mol. The highest BCUT2D eigenvalue weighted by atomic mass is 16.6. The average Bonchev–Trinajstić information content (AvgIpc) is 2.96. The summed E-state index contributed by atoms with van der Waals surface area (Å²) in [4.78, 5) is 22.3. The van der Waals surface area contributed by atoms with Crippen LogP contribution in [0.15, 0.2) is 24.3 Å². The van der Waals surface area contributed by atoms with E-state index in [0.29, 0.717) is 5.69 Å². The van der Waals surface area contributed by atoms with Crippen LogP contribution in [0.25, 0.3) is 0 Å². The third kappa shape index (κ3) is 4.74. The van der Waals surface area contributed by atoms with Crippen molar-refractivity contribution < 1.29 is 14.8 Å². The van der Waals surface area contributed by atoms with Crippen LogP contribution in [0.3, 0.4) is 0 Å². The van der Waals surface area contributed by atoms with Gasteiger partial charge < -0.3 is 15.7 Å². The second-order valence-corrected chi connectivity index (χ2v) is 6.25. The van der Waals surface area contributed by atoms with Gasteiger partial charge in [-0.1, -0.05) is 18.9 Å². The normalized spacial score (nSPS) is 17.7. The van der Waals surface area contributed by atoms with E-state index in [9.17, 15) is 20.0 Å². The number of aliphatic hydroxyl groups is 1.